The van der Waals surface area contributed by atoms with Crippen molar-refractivity contribution in [2.75, 3.05) is 0 Å². The molecule has 6 nitrogen and oxygen atoms in total. The van der Waals surface area contributed by atoms with Gasteiger partial charge in [-0.05, 0) is 37.1 Å². The zero-order valence-electron chi connectivity index (χ0n) is 18.9. The molecule has 0 radical (unpaired) electrons. The van der Waals surface area contributed by atoms with Gasteiger partial charge in [0.25, 0.3) is 0 Å². The van der Waals surface area contributed by atoms with Gasteiger partial charge in [-0.25, -0.2) is 4.79 Å². The summed E-state index contributed by atoms with van der Waals surface area (Å²) in [5.74, 6) is 0.544. The second-order valence-electron chi connectivity index (χ2n) is 7.97. The predicted octanol–water partition coefficient (Wildman–Crippen LogP) is 4.96. The number of nitrogens with zero attached hydrogens (tertiary/aromatic N) is 2. The zero-order valence-corrected chi connectivity index (χ0v) is 18.9. The van der Waals surface area contributed by atoms with E-state index in [0.717, 1.165) is 39.5 Å². The third-order valence-corrected chi connectivity index (χ3v) is 5.62. The zero-order chi connectivity index (χ0) is 23.2. The average molecular weight is 441 g/mol. The molecule has 33 heavy (non-hydrogen) atoms. The highest BCUT2D eigenvalue weighted by Crippen LogP contribution is 2.25. The summed E-state index contributed by atoms with van der Waals surface area (Å²) in [5, 5.41) is 2.80. The first-order valence-corrected chi connectivity index (χ1v) is 10.9. The minimum atomic E-state index is -0.484. The molecule has 0 saturated carbocycles. The minimum Gasteiger partial charge on any atom is -0.408 e. The first kappa shape index (κ1) is 22.3. The third kappa shape index (κ3) is 5.48. The Morgan fingerprint density at radius 2 is 1.70 bits per heavy atom. The van der Waals surface area contributed by atoms with E-state index in [1.165, 1.54) is 0 Å². The number of aryl methyl sites for hydroxylation is 1. The summed E-state index contributed by atoms with van der Waals surface area (Å²) < 4.78 is 7.70. The second-order valence-corrected chi connectivity index (χ2v) is 7.97. The van der Waals surface area contributed by atoms with Gasteiger partial charge >= 0.3 is 6.09 Å². The summed E-state index contributed by atoms with van der Waals surface area (Å²) in [4.78, 5) is 17.2. The smallest absolute Gasteiger partial charge is 0.408 e. The van der Waals surface area contributed by atoms with Crippen LogP contribution in [0, 0.1) is 13.8 Å². The first-order valence-electron chi connectivity index (χ1n) is 10.9. The second kappa shape index (κ2) is 10.1. The van der Waals surface area contributed by atoms with Gasteiger partial charge in [-0.15, -0.1) is 0 Å². The Kier molecular flexibility index (Phi) is 6.86. The van der Waals surface area contributed by atoms with Crippen molar-refractivity contribution < 1.29 is 9.53 Å². The van der Waals surface area contributed by atoms with Crippen molar-refractivity contribution in [3.8, 4) is 17.0 Å². The summed E-state index contributed by atoms with van der Waals surface area (Å²) in [6, 6.07) is 25.8. The number of hydrogen-bond acceptors (Lipinski definition) is 4. The summed E-state index contributed by atoms with van der Waals surface area (Å²) in [7, 11) is 0. The summed E-state index contributed by atoms with van der Waals surface area (Å²) in [6.45, 7) is 5.42. The molecule has 3 N–H and O–H groups in total. The quantitative estimate of drug-likeness (QED) is 0.425. The number of hydrogen-bond donors (Lipinski definition) is 2. The van der Waals surface area contributed by atoms with Crippen molar-refractivity contribution in [3.63, 3.8) is 0 Å². The molecule has 0 bridgehead atoms. The summed E-state index contributed by atoms with van der Waals surface area (Å²) in [6.07, 6.45) is -0.484. The van der Waals surface area contributed by atoms with Crippen LogP contribution in [-0.4, -0.2) is 15.6 Å². The van der Waals surface area contributed by atoms with Gasteiger partial charge < -0.3 is 20.4 Å². The standard InChI is InChI=1S/C27H28N4O2/c1-19-15-26(33-27(32)29-17-22-13-11-21(16-28)12-14-22)20(2)31(19)18-24-9-6-10-25(30-24)23-7-4-3-5-8-23/h3-15H,16-18,28H2,1-2H3,(H,29,32). The van der Waals surface area contributed by atoms with E-state index >= 15 is 0 Å². The number of carbonyl (C=O) groups excluding carboxylic acids is 1. The van der Waals surface area contributed by atoms with Crippen LogP contribution in [0.25, 0.3) is 11.3 Å². The van der Waals surface area contributed by atoms with E-state index < -0.39 is 6.09 Å². The van der Waals surface area contributed by atoms with Crippen molar-refractivity contribution in [1.29, 1.82) is 0 Å². The SMILES string of the molecule is Cc1cc(OC(=O)NCc2ccc(CN)cc2)c(C)n1Cc1cccc(-c2ccccc2)n1. The van der Waals surface area contributed by atoms with Gasteiger partial charge in [0, 0.05) is 30.4 Å². The van der Waals surface area contributed by atoms with Crippen LogP contribution in [0.5, 0.6) is 5.75 Å². The highest BCUT2D eigenvalue weighted by Gasteiger charge is 2.15. The molecule has 0 aliphatic rings. The Bertz CT molecular complexity index is 1230. The lowest BCUT2D eigenvalue weighted by Gasteiger charge is -2.11. The maximum atomic E-state index is 12.4. The van der Waals surface area contributed by atoms with E-state index in [4.69, 9.17) is 15.5 Å². The van der Waals surface area contributed by atoms with Crippen LogP contribution < -0.4 is 15.8 Å². The van der Waals surface area contributed by atoms with Gasteiger partial charge in [0.2, 0.25) is 0 Å². The Hall–Kier alpha value is -3.90. The van der Waals surface area contributed by atoms with Gasteiger partial charge in [-0.2, -0.15) is 0 Å². The maximum absolute atomic E-state index is 12.4. The Balaban J connectivity index is 1.42. The lowest BCUT2D eigenvalue weighted by molar-refractivity contribution is 0.199. The monoisotopic (exact) mass is 440 g/mol. The maximum Gasteiger partial charge on any atom is 0.412 e. The van der Waals surface area contributed by atoms with E-state index in [0.29, 0.717) is 25.4 Å². The number of nitrogens with one attached hydrogen (secondary N) is 1. The minimum absolute atomic E-state index is 0.388. The Morgan fingerprint density at radius 1 is 0.970 bits per heavy atom. The number of rotatable bonds is 7. The van der Waals surface area contributed by atoms with Crippen LogP contribution in [0.1, 0.15) is 28.2 Å². The first-order chi connectivity index (χ1) is 16.0. The molecule has 168 valence electrons. The van der Waals surface area contributed by atoms with E-state index in [9.17, 15) is 4.79 Å². The van der Waals surface area contributed by atoms with E-state index in [-0.39, 0.29) is 0 Å². The van der Waals surface area contributed by atoms with Crippen molar-refractivity contribution in [3.05, 3.63) is 107 Å². The van der Waals surface area contributed by atoms with Gasteiger partial charge in [0.15, 0.2) is 5.75 Å². The molecular formula is C27H28N4O2. The fraction of sp³-hybridized carbons (Fsp3) is 0.185. The molecule has 0 atom stereocenters. The fourth-order valence-electron chi connectivity index (χ4n) is 3.72. The molecule has 6 heteroatoms. The molecule has 4 rings (SSSR count). The normalized spacial score (nSPS) is 10.8. The molecule has 0 spiro atoms. The third-order valence-electron chi connectivity index (χ3n) is 5.62. The molecule has 1 amide bonds. The number of nitrogens with two attached hydrogens (primary N) is 1. The fourth-order valence-corrected chi connectivity index (χ4v) is 3.72. The number of amides is 1. The van der Waals surface area contributed by atoms with Crippen LogP contribution in [0.15, 0.2) is 78.9 Å². The van der Waals surface area contributed by atoms with Crippen LogP contribution in [0.3, 0.4) is 0 Å². The van der Waals surface area contributed by atoms with E-state index in [1.54, 1.807) is 0 Å². The van der Waals surface area contributed by atoms with Crippen LogP contribution >= 0.6 is 0 Å². The highest BCUT2D eigenvalue weighted by atomic mass is 16.6. The number of ether oxygens (including phenoxy) is 1. The largest absolute Gasteiger partial charge is 0.412 e. The van der Waals surface area contributed by atoms with Crippen LogP contribution in [0.2, 0.25) is 0 Å². The van der Waals surface area contributed by atoms with Crippen molar-refractivity contribution in [1.82, 2.24) is 14.9 Å². The van der Waals surface area contributed by atoms with Crippen molar-refractivity contribution in [2.24, 2.45) is 5.73 Å². The number of aromatic nitrogens is 2. The molecule has 2 aromatic heterocycles. The average Bonchev–Trinajstić information content (AvgIpc) is 3.11. The predicted molar refractivity (Wildman–Crippen MR) is 130 cm³/mol. The Morgan fingerprint density at radius 3 is 2.42 bits per heavy atom. The summed E-state index contributed by atoms with van der Waals surface area (Å²) in [5.41, 5.74) is 12.5. The van der Waals surface area contributed by atoms with Gasteiger partial charge in [-0.1, -0.05) is 60.7 Å². The lowest BCUT2D eigenvalue weighted by Crippen LogP contribution is -2.26. The van der Waals surface area contributed by atoms with Gasteiger partial charge in [0.1, 0.15) is 0 Å². The molecule has 0 aliphatic carbocycles. The lowest BCUT2D eigenvalue weighted by atomic mass is 10.1. The number of carbonyl (C=O) groups is 1. The van der Waals surface area contributed by atoms with Crippen molar-refractivity contribution in [2.45, 2.75) is 33.5 Å². The van der Waals surface area contributed by atoms with Crippen LogP contribution in [-0.2, 0) is 19.6 Å². The number of pyridine rings is 1. The van der Waals surface area contributed by atoms with E-state index in [1.807, 2.05) is 80.6 Å². The molecule has 0 unspecified atom stereocenters. The van der Waals surface area contributed by atoms with Gasteiger partial charge in [0.05, 0.1) is 23.6 Å². The summed E-state index contributed by atoms with van der Waals surface area (Å²) >= 11 is 0. The molecule has 2 aromatic carbocycles. The molecule has 0 fully saturated rings. The van der Waals surface area contributed by atoms with Crippen LogP contribution in [0.4, 0.5) is 4.79 Å². The Labute approximate surface area is 194 Å². The number of benzene rings is 2. The molecular weight excluding hydrogens is 412 g/mol. The van der Waals surface area contributed by atoms with E-state index in [2.05, 4.69) is 22.0 Å². The molecule has 0 saturated heterocycles. The van der Waals surface area contributed by atoms with Crippen molar-refractivity contribution >= 4 is 6.09 Å². The highest BCUT2D eigenvalue weighted by molar-refractivity contribution is 5.70. The van der Waals surface area contributed by atoms with Gasteiger partial charge in [-0.3, -0.25) is 4.98 Å². The molecule has 2 heterocycles. The molecule has 4 aromatic rings. The molecule has 0 aliphatic heterocycles. The topological polar surface area (TPSA) is 82.2 Å².